The second-order valence-electron chi connectivity index (χ2n) is 19.9. The lowest BCUT2D eigenvalue weighted by atomic mass is 9.42. The van der Waals surface area contributed by atoms with Gasteiger partial charge in [0.15, 0.2) is 25.0 Å². The van der Waals surface area contributed by atoms with E-state index < -0.39 is 85.0 Å². The molecule has 0 bridgehead atoms. The third-order valence-corrected chi connectivity index (χ3v) is 17.0. The van der Waals surface area contributed by atoms with Crippen LogP contribution >= 0.6 is 0 Å². The zero-order valence-corrected chi connectivity index (χ0v) is 37.6. The monoisotopic (exact) mass is 920 g/mol. The van der Waals surface area contributed by atoms with Crippen LogP contribution in [0.5, 0.6) is 0 Å². The lowest BCUT2D eigenvalue weighted by Gasteiger charge is -2.65. The van der Waals surface area contributed by atoms with Gasteiger partial charge < -0.3 is 61.9 Å². The number of hydrogen-bond acceptors (Lipinski definition) is 19. The summed E-state index contributed by atoms with van der Waals surface area (Å²) in [7, 11) is 0. The molecule has 0 amide bonds. The second-order valence-corrected chi connectivity index (χ2v) is 19.9. The van der Waals surface area contributed by atoms with Crippen molar-refractivity contribution in [2.24, 2.45) is 40.4 Å². The molecule has 8 rings (SSSR count). The van der Waals surface area contributed by atoms with Crippen LogP contribution in [0.3, 0.4) is 0 Å². The molecule has 4 saturated carbocycles. The molecule has 19 nitrogen and oxygen atoms in total. The first-order valence-corrected chi connectivity index (χ1v) is 23.2. The van der Waals surface area contributed by atoms with E-state index in [0.29, 0.717) is 32.2 Å². The molecule has 0 aromatic carbocycles. The number of hydrogen-bond donors (Lipinski definition) is 1. The van der Waals surface area contributed by atoms with Gasteiger partial charge in [-0.1, -0.05) is 20.8 Å². The molecule has 19 heteroatoms. The molecule has 8 aliphatic rings. The van der Waals surface area contributed by atoms with E-state index in [1.54, 1.807) is 19.9 Å². The standard InChI is InChI=1S/C46H64O19/c1-24-12-37(65-43(59-23-51)40(24)63-39-16-33(55-19-47)41(58-22-50)25(2)60-39)64-42-26(3)61-38(17-34(42)56-20-48)62-29-8-10-44(4)28(14-29)6-7-31-32(44)15-35(57-21-49)45(5)30(9-11-46(31,45)53)27-13-36(52)54-18-27/h13,19-26,28-35,37-43,53H,6-12,14-18H2,1-5H3/t24-,25+,26+,28+,29-,30+,31+,32-,33-,34-,35+,37-,38-,39-,40-,41+,42+,43-,44-,45-,46-/m0/s1. The number of rotatable bonds is 17. The second kappa shape index (κ2) is 19.5. The Balaban J connectivity index is 0.882. The highest BCUT2D eigenvalue weighted by atomic mass is 16.8. The Kier molecular flexibility index (Phi) is 14.3. The molecular formula is C46H64O19. The quantitative estimate of drug-likeness (QED) is 0.0954. The van der Waals surface area contributed by atoms with Crippen LogP contribution in [-0.2, 0) is 85.6 Å². The molecule has 4 aliphatic heterocycles. The highest BCUT2D eigenvalue weighted by Gasteiger charge is 2.72. The lowest BCUT2D eigenvalue weighted by Crippen LogP contribution is -2.67. The van der Waals surface area contributed by atoms with Crippen LogP contribution in [0.4, 0.5) is 0 Å². The van der Waals surface area contributed by atoms with Crippen molar-refractivity contribution >= 4 is 38.3 Å². The fourth-order valence-corrected chi connectivity index (χ4v) is 13.8. The SMILES string of the molecule is C[C@H]1C[C@@H](O[C@H]2[C@@H](OC=O)C[C@H](O[C@H]3CC[C@@]4(C)[C@H](CC[C@@H]5[C@@H]4C[C@@H](OC=O)[C@]4(C)[C@@H](C6=CC(=O)OC6)CC[C@]54O)C3)O[C@@H]2C)O[C@H](OC=O)[C@H]1O[C@H]1C[C@H](OC=O)[C@H](OC=O)[C@@H](C)O1. The van der Waals surface area contributed by atoms with Crippen LogP contribution in [0.1, 0.15) is 105 Å². The average molecular weight is 921 g/mol. The fraction of sp³-hybridized carbons (Fsp3) is 0.826. The summed E-state index contributed by atoms with van der Waals surface area (Å²) in [6.07, 6.45) is -1.76. The van der Waals surface area contributed by atoms with Gasteiger partial charge in [-0.25, -0.2) is 4.79 Å². The lowest BCUT2D eigenvalue weighted by molar-refractivity contribution is -0.359. The van der Waals surface area contributed by atoms with Crippen LogP contribution < -0.4 is 0 Å². The van der Waals surface area contributed by atoms with E-state index in [1.807, 2.05) is 13.8 Å². The summed E-state index contributed by atoms with van der Waals surface area (Å²) in [4.78, 5) is 69.9. The number of esters is 1. The summed E-state index contributed by atoms with van der Waals surface area (Å²) >= 11 is 0. The van der Waals surface area contributed by atoms with Crippen LogP contribution in [-0.4, -0.2) is 136 Å². The Labute approximate surface area is 378 Å². The summed E-state index contributed by atoms with van der Waals surface area (Å²) in [5.41, 5.74) is -1.13. The fourth-order valence-electron chi connectivity index (χ4n) is 13.8. The maximum atomic E-state index is 12.8. The summed E-state index contributed by atoms with van der Waals surface area (Å²) in [6.45, 7) is 11.5. The highest BCUT2D eigenvalue weighted by molar-refractivity contribution is 5.85. The Morgan fingerprint density at radius 2 is 1.28 bits per heavy atom. The van der Waals surface area contributed by atoms with Gasteiger partial charge in [0.05, 0.1) is 23.9 Å². The molecule has 0 unspecified atom stereocenters. The van der Waals surface area contributed by atoms with Crippen LogP contribution in [0, 0.1) is 40.4 Å². The van der Waals surface area contributed by atoms with Crippen molar-refractivity contribution in [2.75, 3.05) is 6.61 Å². The van der Waals surface area contributed by atoms with Gasteiger partial charge in [0, 0.05) is 30.8 Å². The van der Waals surface area contributed by atoms with Gasteiger partial charge in [0.2, 0.25) is 6.29 Å². The number of aliphatic hydroxyl groups is 1. The first kappa shape index (κ1) is 47.8. The molecule has 21 atom stereocenters. The minimum atomic E-state index is -1.22. The summed E-state index contributed by atoms with van der Waals surface area (Å²) in [5.74, 6) is -0.449. The molecule has 0 aromatic rings. The van der Waals surface area contributed by atoms with Crippen molar-refractivity contribution in [3.8, 4) is 0 Å². The maximum absolute atomic E-state index is 12.8. The van der Waals surface area contributed by atoms with Crippen LogP contribution in [0.15, 0.2) is 11.6 Å². The number of carbonyl (C=O) groups is 6. The predicted octanol–water partition coefficient (Wildman–Crippen LogP) is 3.33. The van der Waals surface area contributed by atoms with E-state index in [1.165, 1.54) is 0 Å². The van der Waals surface area contributed by atoms with Gasteiger partial charge in [-0.2, -0.15) is 0 Å². The van der Waals surface area contributed by atoms with Gasteiger partial charge >= 0.3 is 5.97 Å². The predicted molar refractivity (Wildman–Crippen MR) is 217 cm³/mol. The highest BCUT2D eigenvalue weighted by Crippen LogP contribution is 2.70. The van der Waals surface area contributed by atoms with Gasteiger partial charge in [-0.3, -0.25) is 24.0 Å². The topological polar surface area (TPSA) is 233 Å². The molecule has 4 aliphatic carbocycles. The minimum Gasteiger partial charge on any atom is -0.464 e. The molecule has 0 radical (unpaired) electrons. The zero-order chi connectivity index (χ0) is 46.3. The molecule has 1 N–H and O–H groups in total. The third-order valence-electron chi connectivity index (χ3n) is 17.0. The number of ether oxygens (including phenoxy) is 12. The van der Waals surface area contributed by atoms with Crippen LogP contribution in [0.2, 0.25) is 0 Å². The van der Waals surface area contributed by atoms with Crippen molar-refractivity contribution in [2.45, 2.75) is 191 Å². The Bertz CT molecular complexity index is 1780. The number of cyclic esters (lactones) is 1. The molecule has 0 spiro atoms. The smallest absolute Gasteiger partial charge is 0.331 e. The van der Waals surface area contributed by atoms with Gasteiger partial charge in [-0.05, 0) is 106 Å². The Morgan fingerprint density at radius 3 is 1.94 bits per heavy atom. The van der Waals surface area contributed by atoms with Crippen molar-refractivity contribution in [3.05, 3.63) is 11.6 Å². The first-order chi connectivity index (χ1) is 31.2. The molecule has 7 fully saturated rings. The number of fused-ring (bicyclic) bond motifs is 5. The molecule has 362 valence electrons. The van der Waals surface area contributed by atoms with E-state index in [-0.39, 0.29) is 92.4 Å². The van der Waals surface area contributed by atoms with Crippen molar-refractivity contribution < 1.29 is 90.7 Å². The Hall–Kier alpha value is -3.72. The van der Waals surface area contributed by atoms with E-state index in [2.05, 4.69) is 6.92 Å². The molecule has 3 saturated heterocycles. The van der Waals surface area contributed by atoms with Crippen molar-refractivity contribution in [3.63, 3.8) is 0 Å². The van der Waals surface area contributed by atoms with E-state index in [4.69, 9.17) is 56.8 Å². The summed E-state index contributed by atoms with van der Waals surface area (Å²) in [5, 5.41) is 12.8. The van der Waals surface area contributed by atoms with E-state index >= 15 is 0 Å². The van der Waals surface area contributed by atoms with Gasteiger partial charge in [0.1, 0.15) is 37.1 Å². The normalized spacial score (nSPS) is 48.2. The largest absolute Gasteiger partial charge is 0.464 e. The average Bonchev–Trinajstić information content (AvgIpc) is 3.82. The van der Waals surface area contributed by atoms with E-state index in [0.717, 1.165) is 37.7 Å². The first-order valence-electron chi connectivity index (χ1n) is 23.2. The summed E-state index contributed by atoms with van der Waals surface area (Å²) < 4.78 is 70.2. The minimum absolute atomic E-state index is 0.00210. The van der Waals surface area contributed by atoms with Crippen molar-refractivity contribution in [1.82, 2.24) is 0 Å². The van der Waals surface area contributed by atoms with Gasteiger partial charge in [-0.15, -0.1) is 0 Å². The summed E-state index contributed by atoms with van der Waals surface area (Å²) in [6, 6.07) is 0. The Morgan fingerprint density at radius 1 is 0.646 bits per heavy atom. The van der Waals surface area contributed by atoms with E-state index in [9.17, 15) is 33.9 Å². The van der Waals surface area contributed by atoms with Crippen LogP contribution in [0.25, 0.3) is 0 Å². The van der Waals surface area contributed by atoms with Gasteiger partial charge in [0.25, 0.3) is 32.4 Å². The van der Waals surface area contributed by atoms with Crippen molar-refractivity contribution in [1.29, 1.82) is 0 Å². The maximum Gasteiger partial charge on any atom is 0.331 e. The molecule has 4 heterocycles. The molecule has 65 heavy (non-hydrogen) atoms. The number of carbonyl (C=O) groups excluding carboxylic acids is 6. The zero-order valence-electron chi connectivity index (χ0n) is 37.6. The molecular weight excluding hydrogens is 856 g/mol. The molecule has 0 aromatic heterocycles. The third kappa shape index (κ3) is 8.83.